The lowest BCUT2D eigenvalue weighted by Gasteiger charge is -2.39. The lowest BCUT2D eigenvalue weighted by atomic mass is 9.92. The Morgan fingerprint density at radius 3 is 2.05 bits per heavy atom. The number of aliphatic hydroxyl groups is 1. The molecule has 0 spiro atoms. The molecule has 204 valence electrons. The zero-order valence-electron chi connectivity index (χ0n) is 20.1. The van der Waals surface area contributed by atoms with Crippen LogP contribution in [0.15, 0.2) is 36.5 Å². The Labute approximate surface area is 211 Å². The van der Waals surface area contributed by atoms with Crippen LogP contribution >= 0.6 is 0 Å². The van der Waals surface area contributed by atoms with Crippen LogP contribution in [-0.2, 0) is 28.6 Å². The topological polar surface area (TPSA) is 73.7 Å². The SMILES string of the molecule is CCc1cc(CN2CC3CCC(C2)N3S(C)(=O)=O)ccc1-c1ccc(C(O)(C(F)(F)F)C(F)(F)F)cn1. The molecule has 0 radical (unpaired) electrons. The lowest BCUT2D eigenvalue weighted by Crippen LogP contribution is -2.54. The largest absolute Gasteiger partial charge is 0.430 e. The number of fused-ring (bicyclic) bond motifs is 2. The van der Waals surface area contributed by atoms with Gasteiger partial charge in [-0.1, -0.05) is 31.2 Å². The number of likely N-dealkylation sites (tertiary alicyclic amines) is 1. The maximum Gasteiger partial charge on any atom is 0.430 e. The minimum Gasteiger partial charge on any atom is -0.369 e. The lowest BCUT2D eigenvalue weighted by molar-refractivity contribution is -0.376. The molecule has 0 amide bonds. The van der Waals surface area contributed by atoms with E-state index in [0.29, 0.717) is 43.9 Å². The van der Waals surface area contributed by atoms with Crippen molar-refractivity contribution in [1.29, 1.82) is 0 Å². The first-order valence-corrected chi connectivity index (χ1v) is 13.6. The average Bonchev–Trinajstić information content (AvgIpc) is 3.09. The average molecular weight is 552 g/mol. The quantitative estimate of drug-likeness (QED) is 0.544. The highest BCUT2D eigenvalue weighted by molar-refractivity contribution is 7.88. The van der Waals surface area contributed by atoms with Crippen LogP contribution in [0.1, 0.15) is 36.5 Å². The smallest absolute Gasteiger partial charge is 0.369 e. The van der Waals surface area contributed by atoms with Crippen LogP contribution in [-0.4, -0.2) is 71.5 Å². The van der Waals surface area contributed by atoms with Crippen LogP contribution in [0, 0.1) is 0 Å². The molecule has 2 bridgehead atoms. The first-order chi connectivity index (χ1) is 17.1. The molecule has 2 aliphatic rings. The Kier molecular flexibility index (Phi) is 7.15. The second-order valence-electron chi connectivity index (χ2n) is 9.66. The van der Waals surface area contributed by atoms with Gasteiger partial charge in [-0.15, -0.1) is 0 Å². The van der Waals surface area contributed by atoms with Crippen molar-refractivity contribution in [2.24, 2.45) is 0 Å². The summed E-state index contributed by atoms with van der Waals surface area (Å²) in [5.74, 6) is 0. The molecular weight excluding hydrogens is 524 g/mol. The van der Waals surface area contributed by atoms with Crippen molar-refractivity contribution in [2.45, 2.75) is 62.8 Å². The van der Waals surface area contributed by atoms with E-state index >= 15 is 0 Å². The summed E-state index contributed by atoms with van der Waals surface area (Å²) in [6, 6.07) is 6.95. The number of sulfonamides is 1. The van der Waals surface area contributed by atoms with E-state index in [1.54, 1.807) is 10.4 Å². The van der Waals surface area contributed by atoms with E-state index < -0.39 is 33.5 Å². The number of hydrogen-bond acceptors (Lipinski definition) is 5. The highest BCUT2D eigenvalue weighted by atomic mass is 32.2. The van der Waals surface area contributed by atoms with Crippen molar-refractivity contribution in [3.63, 3.8) is 0 Å². The second kappa shape index (κ2) is 9.51. The second-order valence-corrected chi connectivity index (χ2v) is 11.5. The third-order valence-electron chi connectivity index (χ3n) is 7.11. The van der Waals surface area contributed by atoms with Crippen molar-refractivity contribution in [1.82, 2.24) is 14.2 Å². The van der Waals surface area contributed by atoms with E-state index in [2.05, 4.69) is 9.88 Å². The zero-order chi connectivity index (χ0) is 27.4. The highest BCUT2D eigenvalue weighted by Crippen LogP contribution is 2.50. The Hall–Kier alpha value is -2.22. The fourth-order valence-electron chi connectivity index (χ4n) is 5.42. The van der Waals surface area contributed by atoms with Crippen LogP contribution in [0.25, 0.3) is 11.3 Å². The number of piperazine rings is 1. The molecule has 1 N–H and O–H groups in total. The Bertz CT molecular complexity index is 1220. The normalized spacial score (nSPS) is 22.0. The first-order valence-electron chi connectivity index (χ1n) is 11.7. The molecule has 2 aliphatic heterocycles. The van der Waals surface area contributed by atoms with Gasteiger partial charge in [0.15, 0.2) is 0 Å². The van der Waals surface area contributed by atoms with Gasteiger partial charge >= 0.3 is 12.4 Å². The van der Waals surface area contributed by atoms with E-state index in [1.807, 2.05) is 19.1 Å². The number of rotatable bonds is 6. The van der Waals surface area contributed by atoms with E-state index in [4.69, 9.17) is 0 Å². The van der Waals surface area contributed by atoms with Gasteiger partial charge in [0.2, 0.25) is 10.0 Å². The molecule has 0 saturated carbocycles. The molecule has 3 heterocycles. The van der Waals surface area contributed by atoms with E-state index in [1.165, 1.54) is 6.26 Å². The van der Waals surface area contributed by atoms with Crippen LogP contribution in [0.3, 0.4) is 0 Å². The van der Waals surface area contributed by atoms with Crippen LogP contribution in [0.5, 0.6) is 0 Å². The molecule has 2 aromatic rings. The Morgan fingerprint density at radius 1 is 1.00 bits per heavy atom. The highest BCUT2D eigenvalue weighted by Gasteiger charge is 2.71. The summed E-state index contributed by atoms with van der Waals surface area (Å²) in [6.07, 6.45) is -8.16. The van der Waals surface area contributed by atoms with Crippen molar-refractivity contribution >= 4 is 10.0 Å². The summed E-state index contributed by atoms with van der Waals surface area (Å²) in [5.41, 5.74) is -3.94. The van der Waals surface area contributed by atoms with Gasteiger partial charge in [0.1, 0.15) is 0 Å². The fraction of sp³-hybridized carbons (Fsp3) is 0.542. The number of hydrogen-bond donors (Lipinski definition) is 1. The number of pyridine rings is 1. The predicted octanol–water partition coefficient (Wildman–Crippen LogP) is 4.23. The molecule has 1 aromatic carbocycles. The third kappa shape index (κ3) is 5.10. The first kappa shape index (κ1) is 27.8. The van der Waals surface area contributed by atoms with Gasteiger partial charge in [-0.05, 0) is 36.5 Å². The fourth-order valence-corrected chi connectivity index (χ4v) is 6.85. The monoisotopic (exact) mass is 551 g/mol. The van der Waals surface area contributed by atoms with Gasteiger partial charge in [-0.2, -0.15) is 30.6 Å². The molecule has 2 unspecified atom stereocenters. The molecule has 37 heavy (non-hydrogen) atoms. The molecule has 0 aliphatic carbocycles. The van der Waals surface area contributed by atoms with Gasteiger partial charge in [0, 0.05) is 49.0 Å². The van der Waals surface area contributed by atoms with Crippen LogP contribution in [0.2, 0.25) is 0 Å². The van der Waals surface area contributed by atoms with Crippen molar-refractivity contribution in [3.05, 3.63) is 53.2 Å². The zero-order valence-corrected chi connectivity index (χ0v) is 21.0. The van der Waals surface area contributed by atoms with Gasteiger partial charge in [-0.3, -0.25) is 9.88 Å². The molecular formula is C24H27F6N3O3S. The molecule has 13 heteroatoms. The molecule has 4 rings (SSSR count). The molecule has 6 nitrogen and oxygen atoms in total. The number of nitrogens with zero attached hydrogens (tertiary/aromatic N) is 3. The summed E-state index contributed by atoms with van der Waals surface area (Å²) in [4.78, 5) is 6.02. The Morgan fingerprint density at radius 2 is 1.59 bits per heavy atom. The standard InChI is InChI=1S/C24H27F6N3O3S/c1-3-16-10-15(12-32-13-18-6-7-19(14-32)33(18)37(2,35)36)4-8-20(16)21-9-5-17(11-31-21)22(34,23(25,26)27)24(28,29)30/h4-5,8-11,18-19,34H,3,6-7,12-14H2,1-2H3. The van der Waals surface area contributed by atoms with Crippen molar-refractivity contribution in [3.8, 4) is 11.3 Å². The maximum atomic E-state index is 13.2. The summed E-state index contributed by atoms with van der Waals surface area (Å²) >= 11 is 0. The van der Waals surface area contributed by atoms with Crippen molar-refractivity contribution in [2.75, 3.05) is 19.3 Å². The molecule has 1 aromatic heterocycles. The summed E-state index contributed by atoms with van der Waals surface area (Å²) in [5, 5.41) is 9.58. The predicted molar refractivity (Wildman–Crippen MR) is 124 cm³/mol. The van der Waals surface area contributed by atoms with Crippen LogP contribution in [0.4, 0.5) is 26.3 Å². The minimum atomic E-state index is -5.98. The molecule has 2 atom stereocenters. The van der Waals surface area contributed by atoms with Crippen molar-refractivity contribution < 1.29 is 39.9 Å². The molecule has 2 fully saturated rings. The number of halogens is 6. The summed E-state index contributed by atoms with van der Waals surface area (Å²) in [6.45, 7) is 3.66. The Balaban J connectivity index is 1.55. The van der Waals surface area contributed by atoms with Gasteiger partial charge in [0.25, 0.3) is 5.60 Å². The number of aromatic nitrogens is 1. The van der Waals surface area contributed by atoms with E-state index in [-0.39, 0.29) is 17.8 Å². The molecule has 2 saturated heterocycles. The minimum absolute atomic E-state index is 0.0616. The maximum absolute atomic E-state index is 13.2. The number of aryl methyl sites for hydroxylation is 1. The van der Waals surface area contributed by atoms with E-state index in [0.717, 1.165) is 30.0 Å². The van der Waals surface area contributed by atoms with E-state index in [9.17, 15) is 39.9 Å². The number of benzene rings is 1. The third-order valence-corrected chi connectivity index (χ3v) is 8.47. The number of alkyl halides is 6. The van der Waals surface area contributed by atoms with Gasteiger partial charge in [0.05, 0.1) is 11.9 Å². The summed E-state index contributed by atoms with van der Waals surface area (Å²) < 4.78 is 105. The van der Waals surface area contributed by atoms with Gasteiger partial charge < -0.3 is 5.11 Å². The van der Waals surface area contributed by atoms with Crippen LogP contribution < -0.4 is 0 Å². The van der Waals surface area contributed by atoms with Gasteiger partial charge in [-0.25, -0.2) is 8.42 Å². The summed E-state index contributed by atoms with van der Waals surface area (Å²) in [7, 11) is -3.27.